The fourth-order valence-electron chi connectivity index (χ4n) is 5.50. The fraction of sp³-hybridized carbons (Fsp3) is 0.577. The minimum absolute atomic E-state index is 0. The SMILES string of the molecule is CC(C)(C)C(=O)OCOc1ccc2c(c1)[C@]13CCCC[C@@H]1[C@@H](C2)NCC3.O=C(O)/C=C/C(=O)O.[Na+]. The van der Waals surface area contributed by atoms with Crippen molar-refractivity contribution in [2.24, 2.45) is 11.3 Å². The number of fused-ring (bicyclic) bond motifs is 1. The molecule has 1 heterocycles. The number of hydrogen-bond donors (Lipinski definition) is 3. The van der Waals surface area contributed by atoms with Crippen molar-refractivity contribution in [3.63, 3.8) is 0 Å². The van der Waals surface area contributed by atoms with Crippen LogP contribution in [0.25, 0.3) is 0 Å². The maximum atomic E-state index is 11.9. The Balaban J connectivity index is 0.000000418. The zero-order valence-corrected chi connectivity index (χ0v) is 23.1. The number of esters is 1. The maximum Gasteiger partial charge on any atom is 1.00 e. The number of ether oxygens (including phenoxy) is 2. The van der Waals surface area contributed by atoms with Crippen molar-refractivity contribution >= 4 is 17.9 Å². The first-order chi connectivity index (χ1) is 16.0. The molecular formula is C26H35NNaO7+. The van der Waals surface area contributed by atoms with E-state index in [1.807, 2.05) is 26.8 Å². The third kappa shape index (κ3) is 7.32. The molecular weight excluding hydrogens is 461 g/mol. The Bertz CT molecular complexity index is 936. The molecule has 3 aliphatic rings. The van der Waals surface area contributed by atoms with Gasteiger partial charge in [-0.15, -0.1) is 0 Å². The zero-order valence-electron chi connectivity index (χ0n) is 21.1. The van der Waals surface area contributed by atoms with Gasteiger partial charge in [-0.3, -0.25) is 4.79 Å². The van der Waals surface area contributed by atoms with Crippen LogP contribution in [0, 0.1) is 11.3 Å². The number of piperidine rings is 1. The van der Waals surface area contributed by atoms with Crippen molar-refractivity contribution in [2.45, 2.75) is 70.8 Å². The summed E-state index contributed by atoms with van der Waals surface area (Å²) in [4.78, 5) is 31.0. The van der Waals surface area contributed by atoms with E-state index < -0.39 is 17.4 Å². The number of carboxylic acids is 2. The number of hydrogen-bond acceptors (Lipinski definition) is 6. The molecule has 0 aromatic heterocycles. The Hall–Kier alpha value is -1.87. The molecule has 3 N–H and O–H groups in total. The van der Waals surface area contributed by atoms with Crippen molar-refractivity contribution in [3.05, 3.63) is 41.5 Å². The predicted octanol–water partition coefficient (Wildman–Crippen LogP) is 0.674. The van der Waals surface area contributed by atoms with Crippen molar-refractivity contribution in [2.75, 3.05) is 13.3 Å². The molecule has 1 aliphatic heterocycles. The quantitative estimate of drug-likeness (QED) is 0.235. The number of rotatable bonds is 5. The van der Waals surface area contributed by atoms with E-state index in [0.717, 1.165) is 24.6 Å². The van der Waals surface area contributed by atoms with E-state index in [1.54, 1.807) is 0 Å². The van der Waals surface area contributed by atoms with Gasteiger partial charge in [-0.1, -0.05) is 18.9 Å². The van der Waals surface area contributed by atoms with Gasteiger partial charge in [0, 0.05) is 23.6 Å². The molecule has 4 rings (SSSR count). The summed E-state index contributed by atoms with van der Waals surface area (Å²) < 4.78 is 11.1. The second kappa shape index (κ2) is 12.4. The summed E-state index contributed by atoms with van der Waals surface area (Å²) in [6.45, 7) is 6.66. The van der Waals surface area contributed by atoms with Gasteiger partial charge in [0.15, 0.2) is 0 Å². The first-order valence-electron chi connectivity index (χ1n) is 11.8. The van der Waals surface area contributed by atoms with E-state index >= 15 is 0 Å². The summed E-state index contributed by atoms with van der Waals surface area (Å²) in [7, 11) is 0. The first-order valence-corrected chi connectivity index (χ1v) is 11.8. The summed E-state index contributed by atoms with van der Waals surface area (Å²) in [5.41, 5.74) is 2.79. The molecule has 3 atom stereocenters. The van der Waals surface area contributed by atoms with Gasteiger partial charge in [-0.25, -0.2) is 9.59 Å². The standard InChI is InChI=1S/C22H31NO3.C4H4O4.Na/c1-21(2,3)20(24)26-14-25-16-8-7-15-12-19-17-6-4-5-9-22(17,10-11-23-19)18(15)13-16;5-3(6)1-2-4(7)8;/h7-8,13,17,19,23H,4-6,9-12,14H2,1-3H3;1-2H,(H,5,6)(H,7,8);/q;;+1/b;2-1+;/t17-,19-,22+;;/m1../s1. The van der Waals surface area contributed by atoms with Gasteiger partial charge in [0.2, 0.25) is 6.79 Å². The maximum absolute atomic E-state index is 11.9. The van der Waals surface area contributed by atoms with Gasteiger partial charge in [-0.2, -0.15) is 0 Å². The molecule has 1 aromatic rings. The van der Waals surface area contributed by atoms with Crippen molar-refractivity contribution in [3.8, 4) is 5.75 Å². The van der Waals surface area contributed by atoms with Crippen LogP contribution >= 0.6 is 0 Å². The fourth-order valence-corrected chi connectivity index (χ4v) is 5.50. The third-order valence-electron chi connectivity index (χ3n) is 7.02. The van der Waals surface area contributed by atoms with Crippen LogP contribution in [-0.2, 0) is 31.0 Å². The Morgan fingerprint density at radius 1 is 1.11 bits per heavy atom. The van der Waals surface area contributed by atoms with Crippen LogP contribution < -0.4 is 39.6 Å². The molecule has 2 fully saturated rings. The summed E-state index contributed by atoms with van der Waals surface area (Å²) in [5.74, 6) is -1.17. The molecule has 8 nitrogen and oxygen atoms in total. The summed E-state index contributed by atoms with van der Waals surface area (Å²) in [6, 6.07) is 7.12. The average molecular weight is 497 g/mol. The van der Waals surface area contributed by atoms with E-state index in [2.05, 4.69) is 17.4 Å². The largest absolute Gasteiger partial charge is 1.00 e. The van der Waals surface area contributed by atoms with Gasteiger partial charge in [0.1, 0.15) is 5.75 Å². The molecule has 1 saturated carbocycles. The summed E-state index contributed by atoms with van der Waals surface area (Å²) in [6.07, 6.45) is 8.79. The summed E-state index contributed by atoms with van der Waals surface area (Å²) >= 11 is 0. The molecule has 0 spiro atoms. The van der Waals surface area contributed by atoms with Gasteiger partial charge in [-0.05, 0) is 82.2 Å². The van der Waals surface area contributed by atoms with Gasteiger partial charge in [0.05, 0.1) is 5.41 Å². The monoisotopic (exact) mass is 496 g/mol. The van der Waals surface area contributed by atoms with Crippen molar-refractivity contribution < 1.29 is 63.6 Å². The van der Waals surface area contributed by atoms with Crippen molar-refractivity contribution in [1.29, 1.82) is 0 Å². The number of carbonyl (C=O) groups is 3. The van der Waals surface area contributed by atoms with Gasteiger partial charge < -0.3 is 25.0 Å². The van der Waals surface area contributed by atoms with E-state index in [4.69, 9.17) is 19.7 Å². The molecule has 0 amide bonds. The minimum Gasteiger partial charge on any atom is -0.478 e. The second-order valence-electron chi connectivity index (χ2n) is 10.3. The van der Waals surface area contributed by atoms with Gasteiger partial charge in [0.25, 0.3) is 0 Å². The topological polar surface area (TPSA) is 122 Å². The normalized spacial score (nSPS) is 24.5. The number of carboxylic acid groups (broad SMARTS) is 2. The first kappa shape index (κ1) is 29.4. The van der Waals surface area contributed by atoms with Crippen LogP contribution in [0.4, 0.5) is 0 Å². The smallest absolute Gasteiger partial charge is 0.478 e. The number of aliphatic carboxylic acids is 2. The average Bonchev–Trinajstić information content (AvgIpc) is 2.78. The van der Waals surface area contributed by atoms with E-state index in [0.29, 0.717) is 23.6 Å². The van der Waals surface area contributed by atoms with Crippen LogP contribution in [-0.4, -0.2) is 47.5 Å². The van der Waals surface area contributed by atoms with Crippen LogP contribution in [0.15, 0.2) is 30.4 Å². The molecule has 1 saturated heterocycles. The van der Waals surface area contributed by atoms with E-state index in [1.165, 1.54) is 43.2 Å². The molecule has 35 heavy (non-hydrogen) atoms. The molecule has 2 aliphatic carbocycles. The predicted molar refractivity (Wildman–Crippen MR) is 126 cm³/mol. The molecule has 2 bridgehead atoms. The minimum atomic E-state index is -1.26. The van der Waals surface area contributed by atoms with Crippen molar-refractivity contribution in [1.82, 2.24) is 5.32 Å². The van der Waals surface area contributed by atoms with E-state index in [-0.39, 0.29) is 42.3 Å². The summed E-state index contributed by atoms with van der Waals surface area (Å²) in [5, 5.41) is 19.4. The molecule has 1 aromatic carbocycles. The Labute approximate surface area is 228 Å². The number of benzene rings is 1. The van der Waals surface area contributed by atoms with Crippen LogP contribution in [0.3, 0.4) is 0 Å². The van der Waals surface area contributed by atoms with E-state index in [9.17, 15) is 14.4 Å². The van der Waals surface area contributed by atoms with Crippen LogP contribution in [0.2, 0.25) is 0 Å². The zero-order chi connectivity index (χ0) is 24.9. The number of carbonyl (C=O) groups excluding carboxylic acids is 1. The number of nitrogens with one attached hydrogen (secondary N) is 1. The Kier molecular flexibility index (Phi) is 10.4. The molecule has 0 radical (unpaired) electrons. The van der Waals surface area contributed by atoms with Crippen LogP contribution in [0.5, 0.6) is 5.75 Å². The molecule has 0 unspecified atom stereocenters. The second-order valence-corrected chi connectivity index (χ2v) is 10.3. The molecule has 186 valence electrons. The Morgan fingerprint density at radius 3 is 2.43 bits per heavy atom. The van der Waals surface area contributed by atoms with Gasteiger partial charge >= 0.3 is 47.5 Å². The van der Waals surface area contributed by atoms with Crippen LogP contribution in [0.1, 0.15) is 64.0 Å². The molecule has 9 heteroatoms. The third-order valence-corrected chi connectivity index (χ3v) is 7.02. The Morgan fingerprint density at radius 2 is 1.80 bits per heavy atom.